The van der Waals surface area contributed by atoms with Gasteiger partial charge in [-0.05, 0) is 52.7 Å². The molecule has 112 valence electrons. The highest BCUT2D eigenvalue weighted by atomic mass is 79.9. The van der Waals surface area contributed by atoms with Gasteiger partial charge in [0.25, 0.3) is 0 Å². The lowest BCUT2D eigenvalue weighted by Gasteiger charge is -2.04. The van der Waals surface area contributed by atoms with Gasteiger partial charge in [0.1, 0.15) is 18.1 Å². The van der Waals surface area contributed by atoms with Gasteiger partial charge in [0.2, 0.25) is 0 Å². The molecular formula is C16H12BrFN2O2. The second kappa shape index (κ2) is 5.88. The Morgan fingerprint density at radius 1 is 1.41 bits per heavy atom. The molecule has 0 radical (unpaired) electrons. The number of pyridine rings is 1. The minimum atomic E-state index is -0.527. The van der Waals surface area contributed by atoms with Crippen molar-refractivity contribution in [2.45, 2.75) is 13.5 Å². The van der Waals surface area contributed by atoms with Crippen molar-refractivity contribution in [2.75, 3.05) is 0 Å². The summed E-state index contributed by atoms with van der Waals surface area (Å²) in [4.78, 5) is 16.5. The van der Waals surface area contributed by atoms with E-state index in [1.807, 2.05) is 35.9 Å². The average molecular weight is 363 g/mol. The van der Waals surface area contributed by atoms with Gasteiger partial charge in [0.15, 0.2) is 0 Å². The fourth-order valence-electron chi connectivity index (χ4n) is 2.15. The van der Waals surface area contributed by atoms with Crippen molar-refractivity contribution in [3.63, 3.8) is 0 Å². The number of hydrogen-bond donors (Lipinski definition) is 0. The first-order chi connectivity index (χ1) is 10.5. The highest BCUT2D eigenvalue weighted by Crippen LogP contribution is 2.19. The Hall–Kier alpha value is -2.21. The quantitative estimate of drug-likeness (QED) is 0.663. The monoisotopic (exact) mass is 362 g/mol. The lowest BCUT2D eigenvalue weighted by Crippen LogP contribution is -2.06. The smallest absolute Gasteiger partial charge is 0.339 e. The van der Waals surface area contributed by atoms with Gasteiger partial charge in [-0.25, -0.2) is 14.2 Å². The minimum Gasteiger partial charge on any atom is -0.455 e. The number of aromatic nitrogens is 2. The molecule has 0 N–H and O–H groups in total. The van der Waals surface area contributed by atoms with E-state index >= 15 is 0 Å². The number of nitrogens with zero attached hydrogens (tertiary/aromatic N) is 2. The zero-order valence-corrected chi connectivity index (χ0v) is 13.3. The summed E-state index contributed by atoms with van der Waals surface area (Å²) in [5.74, 6) is -0.945. The number of esters is 1. The van der Waals surface area contributed by atoms with Crippen LogP contribution in [-0.2, 0) is 11.3 Å². The molecule has 0 spiro atoms. The first kappa shape index (κ1) is 14.7. The number of carbonyl (C=O) groups excluding carboxylic acids is 1. The van der Waals surface area contributed by atoms with E-state index in [4.69, 9.17) is 4.74 Å². The summed E-state index contributed by atoms with van der Waals surface area (Å²) < 4.78 is 20.5. The lowest BCUT2D eigenvalue weighted by atomic mass is 10.2. The lowest BCUT2D eigenvalue weighted by molar-refractivity contribution is 0.0467. The van der Waals surface area contributed by atoms with E-state index in [1.165, 1.54) is 18.2 Å². The van der Waals surface area contributed by atoms with Gasteiger partial charge >= 0.3 is 5.97 Å². The topological polar surface area (TPSA) is 43.6 Å². The maximum Gasteiger partial charge on any atom is 0.339 e. The summed E-state index contributed by atoms with van der Waals surface area (Å²) in [6, 6.07) is 7.72. The van der Waals surface area contributed by atoms with Gasteiger partial charge in [-0.15, -0.1) is 0 Å². The van der Waals surface area contributed by atoms with Gasteiger partial charge in [-0.2, -0.15) is 0 Å². The molecule has 3 aromatic rings. The van der Waals surface area contributed by atoms with Crippen molar-refractivity contribution in [1.29, 1.82) is 0 Å². The zero-order valence-electron chi connectivity index (χ0n) is 11.7. The van der Waals surface area contributed by atoms with E-state index in [-0.39, 0.29) is 12.2 Å². The summed E-state index contributed by atoms with van der Waals surface area (Å²) in [6.07, 6.45) is 3.70. The van der Waals surface area contributed by atoms with Crippen molar-refractivity contribution in [1.82, 2.24) is 9.38 Å². The first-order valence-electron chi connectivity index (χ1n) is 6.60. The van der Waals surface area contributed by atoms with E-state index in [2.05, 4.69) is 20.9 Å². The molecule has 0 aliphatic rings. The van der Waals surface area contributed by atoms with Crippen LogP contribution in [0, 0.1) is 12.7 Å². The number of aryl methyl sites for hydroxylation is 1. The Labute approximate surface area is 134 Å². The molecule has 1 aromatic carbocycles. The molecule has 2 aromatic heterocycles. The molecule has 0 saturated heterocycles. The van der Waals surface area contributed by atoms with Crippen molar-refractivity contribution >= 4 is 27.5 Å². The highest BCUT2D eigenvalue weighted by molar-refractivity contribution is 9.10. The number of halogens is 2. The molecule has 0 fully saturated rings. The fraction of sp³-hybridized carbons (Fsp3) is 0.125. The number of hydrogen-bond acceptors (Lipinski definition) is 3. The van der Waals surface area contributed by atoms with Crippen LogP contribution in [0.5, 0.6) is 0 Å². The predicted octanol–water partition coefficient (Wildman–Crippen LogP) is 3.90. The third-order valence-electron chi connectivity index (χ3n) is 3.23. The summed E-state index contributed by atoms with van der Waals surface area (Å²) in [5, 5.41) is 0. The van der Waals surface area contributed by atoms with Crippen LogP contribution in [0.1, 0.15) is 21.6 Å². The van der Waals surface area contributed by atoms with Gasteiger partial charge in [-0.1, -0.05) is 6.07 Å². The molecule has 0 aliphatic heterocycles. The molecule has 0 atom stereocenters. The largest absolute Gasteiger partial charge is 0.455 e. The maximum absolute atomic E-state index is 13.0. The second-order valence-electron chi connectivity index (χ2n) is 4.85. The Morgan fingerprint density at radius 3 is 2.95 bits per heavy atom. The van der Waals surface area contributed by atoms with Gasteiger partial charge in [0, 0.05) is 16.9 Å². The van der Waals surface area contributed by atoms with E-state index in [0.29, 0.717) is 10.2 Å². The van der Waals surface area contributed by atoms with Crippen molar-refractivity contribution < 1.29 is 13.9 Å². The molecule has 3 rings (SSSR count). The number of ether oxygens (including phenoxy) is 1. The van der Waals surface area contributed by atoms with Gasteiger partial charge < -0.3 is 9.14 Å². The standard InChI is InChI=1S/C16H12BrFN2O2/c1-10-3-2-6-20-8-12(19-15(10)20)9-22-16(21)13-5-4-11(18)7-14(13)17/h2-8H,9H2,1H3. The summed E-state index contributed by atoms with van der Waals surface area (Å²) in [5.41, 5.74) is 2.81. The van der Waals surface area contributed by atoms with Crippen LogP contribution in [0.3, 0.4) is 0 Å². The Kier molecular flexibility index (Phi) is 3.94. The fourth-order valence-corrected chi connectivity index (χ4v) is 2.66. The van der Waals surface area contributed by atoms with Gasteiger partial charge in [-0.3, -0.25) is 0 Å². The molecule has 0 saturated carbocycles. The third kappa shape index (κ3) is 2.87. The molecule has 0 aliphatic carbocycles. The van der Waals surface area contributed by atoms with Crippen LogP contribution in [0.2, 0.25) is 0 Å². The van der Waals surface area contributed by atoms with Crippen molar-refractivity contribution in [3.05, 3.63) is 69.8 Å². The summed E-state index contributed by atoms with van der Waals surface area (Å²) in [7, 11) is 0. The normalized spacial score (nSPS) is 10.9. The molecule has 2 heterocycles. The Morgan fingerprint density at radius 2 is 2.23 bits per heavy atom. The van der Waals surface area contributed by atoms with Crippen LogP contribution < -0.4 is 0 Å². The van der Waals surface area contributed by atoms with Crippen LogP contribution >= 0.6 is 15.9 Å². The van der Waals surface area contributed by atoms with Crippen molar-refractivity contribution in [2.24, 2.45) is 0 Å². The minimum absolute atomic E-state index is 0.0593. The third-order valence-corrected chi connectivity index (χ3v) is 3.89. The molecule has 22 heavy (non-hydrogen) atoms. The average Bonchev–Trinajstić information content (AvgIpc) is 2.89. The van der Waals surface area contributed by atoms with Gasteiger partial charge in [0.05, 0.1) is 11.3 Å². The van der Waals surface area contributed by atoms with E-state index in [9.17, 15) is 9.18 Å². The van der Waals surface area contributed by atoms with Crippen LogP contribution in [0.15, 0.2) is 47.2 Å². The maximum atomic E-state index is 13.0. The molecule has 0 unspecified atom stereocenters. The number of rotatable bonds is 3. The zero-order chi connectivity index (χ0) is 15.7. The van der Waals surface area contributed by atoms with E-state index in [1.54, 1.807) is 0 Å². The molecule has 0 amide bonds. The molecular weight excluding hydrogens is 351 g/mol. The molecule has 4 nitrogen and oxygen atoms in total. The number of fused-ring (bicyclic) bond motifs is 1. The Balaban J connectivity index is 1.76. The SMILES string of the molecule is Cc1cccn2cc(COC(=O)c3ccc(F)cc3Br)nc12. The first-order valence-corrected chi connectivity index (χ1v) is 7.39. The number of imidazole rings is 1. The van der Waals surface area contributed by atoms with Crippen LogP contribution in [0.4, 0.5) is 4.39 Å². The van der Waals surface area contributed by atoms with Crippen LogP contribution in [0.25, 0.3) is 5.65 Å². The predicted molar refractivity (Wildman–Crippen MR) is 83.1 cm³/mol. The number of carbonyl (C=O) groups is 1. The number of benzene rings is 1. The Bertz CT molecular complexity index is 860. The molecule has 6 heteroatoms. The second-order valence-corrected chi connectivity index (χ2v) is 5.71. The molecule has 0 bridgehead atoms. The summed E-state index contributed by atoms with van der Waals surface area (Å²) in [6.45, 7) is 2.03. The van der Waals surface area contributed by atoms with E-state index in [0.717, 1.165) is 11.2 Å². The summed E-state index contributed by atoms with van der Waals surface area (Å²) >= 11 is 3.15. The van der Waals surface area contributed by atoms with E-state index < -0.39 is 11.8 Å². The highest BCUT2D eigenvalue weighted by Gasteiger charge is 2.13. The van der Waals surface area contributed by atoms with Crippen LogP contribution in [-0.4, -0.2) is 15.4 Å². The van der Waals surface area contributed by atoms with Crippen molar-refractivity contribution in [3.8, 4) is 0 Å².